The molecule has 4 rings (SSSR count). The maximum atomic E-state index is 12.8. The Kier molecular flexibility index (Phi) is 5.17. The quantitative estimate of drug-likeness (QED) is 0.511. The molecule has 2 N–H and O–H groups in total. The van der Waals surface area contributed by atoms with Crippen LogP contribution in [0.4, 0.5) is 0 Å². The molecule has 0 spiro atoms. The molecule has 8 heteroatoms. The van der Waals surface area contributed by atoms with Gasteiger partial charge in [0.15, 0.2) is 5.69 Å². The van der Waals surface area contributed by atoms with Gasteiger partial charge in [0.25, 0.3) is 17.4 Å². The summed E-state index contributed by atoms with van der Waals surface area (Å²) in [6.07, 6.45) is 0. The zero-order chi connectivity index (χ0) is 20.2. The molecule has 0 aliphatic carbocycles. The van der Waals surface area contributed by atoms with Crippen LogP contribution < -0.4 is 16.4 Å². The fourth-order valence-electron chi connectivity index (χ4n) is 2.91. The summed E-state index contributed by atoms with van der Waals surface area (Å²) in [7, 11) is 0. The van der Waals surface area contributed by atoms with E-state index in [2.05, 4.69) is 16.0 Å². The summed E-state index contributed by atoms with van der Waals surface area (Å²) in [5, 5.41) is 6.85. The van der Waals surface area contributed by atoms with E-state index in [4.69, 9.17) is 0 Å². The summed E-state index contributed by atoms with van der Waals surface area (Å²) in [5.41, 5.74) is 5.41. The van der Waals surface area contributed by atoms with Crippen LogP contribution in [-0.2, 0) is 6.54 Å². The van der Waals surface area contributed by atoms with Crippen molar-refractivity contribution in [2.24, 2.45) is 0 Å². The summed E-state index contributed by atoms with van der Waals surface area (Å²) < 4.78 is 1.26. The number of nitrogens with zero attached hydrogens (tertiary/aromatic N) is 2. The second-order valence-corrected chi connectivity index (χ2v) is 7.18. The number of thiophene rings is 1. The first-order valence-electron chi connectivity index (χ1n) is 8.81. The lowest BCUT2D eigenvalue weighted by Gasteiger charge is -2.12. The van der Waals surface area contributed by atoms with Crippen LogP contribution in [0.5, 0.6) is 0 Å². The third-order valence-electron chi connectivity index (χ3n) is 4.29. The van der Waals surface area contributed by atoms with Crippen molar-refractivity contribution in [3.05, 3.63) is 98.6 Å². The lowest BCUT2D eigenvalue weighted by Crippen LogP contribution is -2.42. The highest BCUT2D eigenvalue weighted by Gasteiger charge is 2.18. The average molecular weight is 404 g/mol. The second-order valence-electron chi connectivity index (χ2n) is 6.23. The Morgan fingerprint density at radius 1 is 0.862 bits per heavy atom. The molecule has 7 nitrogen and oxygen atoms in total. The molecule has 4 aromatic rings. The number of fused-ring (bicyclic) bond motifs is 1. The SMILES string of the molecule is O=C(NNC(=O)c1nn(Cc2ccccc2)c(=O)c2ccccc12)c1cccs1. The third-order valence-corrected chi connectivity index (χ3v) is 5.16. The van der Waals surface area contributed by atoms with Crippen molar-refractivity contribution >= 4 is 33.9 Å². The Labute approximate surface area is 169 Å². The van der Waals surface area contributed by atoms with Crippen molar-refractivity contribution < 1.29 is 9.59 Å². The Morgan fingerprint density at radius 2 is 1.55 bits per heavy atom. The molecule has 0 radical (unpaired) electrons. The fraction of sp³-hybridized carbons (Fsp3) is 0.0476. The van der Waals surface area contributed by atoms with Crippen LogP contribution >= 0.6 is 11.3 Å². The number of hydrazine groups is 1. The lowest BCUT2D eigenvalue weighted by molar-refractivity contribution is 0.0846. The molecule has 0 saturated carbocycles. The number of aromatic nitrogens is 2. The molecule has 0 bridgehead atoms. The maximum Gasteiger partial charge on any atom is 0.290 e. The first-order valence-corrected chi connectivity index (χ1v) is 9.69. The van der Waals surface area contributed by atoms with Crippen molar-refractivity contribution in [3.8, 4) is 0 Å². The van der Waals surface area contributed by atoms with Gasteiger partial charge in [-0.2, -0.15) is 5.10 Å². The third kappa shape index (κ3) is 3.92. The van der Waals surface area contributed by atoms with Gasteiger partial charge in [0.05, 0.1) is 16.8 Å². The molecule has 29 heavy (non-hydrogen) atoms. The maximum absolute atomic E-state index is 12.8. The highest BCUT2D eigenvalue weighted by Crippen LogP contribution is 2.14. The van der Waals surface area contributed by atoms with Crippen molar-refractivity contribution in [2.45, 2.75) is 6.54 Å². The van der Waals surface area contributed by atoms with Crippen molar-refractivity contribution in [1.29, 1.82) is 0 Å². The molecular weight excluding hydrogens is 388 g/mol. The van der Waals surface area contributed by atoms with E-state index in [1.807, 2.05) is 30.3 Å². The fourth-order valence-corrected chi connectivity index (χ4v) is 3.53. The summed E-state index contributed by atoms with van der Waals surface area (Å²) in [6, 6.07) is 19.6. The van der Waals surface area contributed by atoms with Gasteiger partial charge >= 0.3 is 0 Å². The van der Waals surface area contributed by atoms with E-state index in [0.717, 1.165) is 5.56 Å². The highest BCUT2D eigenvalue weighted by atomic mass is 32.1. The molecule has 2 aromatic carbocycles. The minimum atomic E-state index is -0.604. The van der Waals surface area contributed by atoms with Crippen LogP contribution in [0.2, 0.25) is 0 Å². The predicted molar refractivity (Wildman–Crippen MR) is 111 cm³/mol. The predicted octanol–water partition coefficient (Wildman–Crippen LogP) is 2.58. The summed E-state index contributed by atoms with van der Waals surface area (Å²) in [4.78, 5) is 38.1. The number of rotatable bonds is 4. The van der Waals surface area contributed by atoms with E-state index >= 15 is 0 Å². The van der Waals surface area contributed by atoms with Gasteiger partial charge in [-0.25, -0.2) is 4.68 Å². The number of carbonyl (C=O) groups excluding carboxylic acids is 2. The van der Waals surface area contributed by atoms with E-state index in [1.54, 1.807) is 41.8 Å². The Morgan fingerprint density at radius 3 is 2.28 bits per heavy atom. The lowest BCUT2D eigenvalue weighted by atomic mass is 10.1. The molecule has 0 saturated heterocycles. The summed E-state index contributed by atoms with van der Waals surface area (Å²) in [5.74, 6) is -1.02. The monoisotopic (exact) mass is 404 g/mol. The molecular formula is C21H16N4O3S. The van der Waals surface area contributed by atoms with Crippen molar-refractivity contribution in [1.82, 2.24) is 20.6 Å². The minimum Gasteiger partial charge on any atom is -0.267 e. The van der Waals surface area contributed by atoms with Gasteiger partial charge in [0.1, 0.15) is 0 Å². The van der Waals surface area contributed by atoms with Crippen LogP contribution in [0.25, 0.3) is 10.8 Å². The van der Waals surface area contributed by atoms with E-state index in [0.29, 0.717) is 15.6 Å². The first kappa shape index (κ1) is 18.6. The number of carbonyl (C=O) groups is 2. The molecule has 0 unspecified atom stereocenters. The first-order chi connectivity index (χ1) is 14.1. The zero-order valence-electron chi connectivity index (χ0n) is 15.2. The second kappa shape index (κ2) is 8.07. The van der Waals surface area contributed by atoms with Crippen LogP contribution in [0.3, 0.4) is 0 Å². The number of hydrogen-bond acceptors (Lipinski definition) is 5. The van der Waals surface area contributed by atoms with Gasteiger partial charge in [-0.1, -0.05) is 54.6 Å². The Bertz CT molecular complexity index is 1230. The van der Waals surface area contributed by atoms with Gasteiger partial charge in [0, 0.05) is 5.39 Å². The average Bonchev–Trinajstić information content (AvgIpc) is 3.30. The molecule has 0 fully saturated rings. The van der Waals surface area contributed by atoms with Gasteiger partial charge in [-0.3, -0.25) is 25.2 Å². The summed E-state index contributed by atoms with van der Waals surface area (Å²) >= 11 is 1.26. The summed E-state index contributed by atoms with van der Waals surface area (Å²) in [6.45, 7) is 0.229. The van der Waals surface area contributed by atoms with Crippen LogP contribution in [0.1, 0.15) is 25.7 Å². The van der Waals surface area contributed by atoms with E-state index < -0.39 is 11.8 Å². The van der Waals surface area contributed by atoms with Gasteiger partial charge in [-0.15, -0.1) is 11.3 Å². The van der Waals surface area contributed by atoms with Crippen molar-refractivity contribution in [3.63, 3.8) is 0 Å². The molecule has 2 aromatic heterocycles. The molecule has 2 heterocycles. The van der Waals surface area contributed by atoms with E-state index in [-0.39, 0.29) is 17.8 Å². The molecule has 2 amide bonds. The molecule has 0 atom stereocenters. The highest BCUT2D eigenvalue weighted by molar-refractivity contribution is 7.12. The standard InChI is InChI=1S/C21H16N4O3S/c26-19(17-11-6-12-29-17)22-23-20(27)18-15-9-4-5-10-16(15)21(28)25(24-18)13-14-7-2-1-3-8-14/h1-12H,13H2,(H,22,26)(H,23,27). The molecule has 0 aliphatic rings. The van der Waals surface area contributed by atoms with Gasteiger partial charge in [0.2, 0.25) is 0 Å². The smallest absolute Gasteiger partial charge is 0.267 e. The van der Waals surface area contributed by atoms with Crippen molar-refractivity contribution in [2.75, 3.05) is 0 Å². The van der Waals surface area contributed by atoms with E-state index in [9.17, 15) is 14.4 Å². The number of nitrogens with one attached hydrogen (secondary N) is 2. The largest absolute Gasteiger partial charge is 0.290 e. The van der Waals surface area contributed by atoms with Gasteiger partial charge < -0.3 is 0 Å². The van der Waals surface area contributed by atoms with Gasteiger partial charge in [-0.05, 0) is 23.1 Å². The number of benzene rings is 2. The Hall–Kier alpha value is -3.78. The van der Waals surface area contributed by atoms with Crippen LogP contribution in [0, 0.1) is 0 Å². The topological polar surface area (TPSA) is 93.1 Å². The molecule has 0 aliphatic heterocycles. The van der Waals surface area contributed by atoms with E-state index in [1.165, 1.54) is 16.0 Å². The number of amides is 2. The minimum absolute atomic E-state index is 0.0580. The Balaban J connectivity index is 1.67. The molecule has 144 valence electrons. The van der Waals surface area contributed by atoms with Crippen LogP contribution in [0.15, 0.2) is 76.9 Å². The zero-order valence-corrected chi connectivity index (χ0v) is 16.0. The normalized spacial score (nSPS) is 10.6. The number of hydrogen-bond donors (Lipinski definition) is 2. The van der Waals surface area contributed by atoms with Crippen LogP contribution in [-0.4, -0.2) is 21.6 Å².